The monoisotopic (exact) mass is 574 g/mol. The molecule has 2 aromatic carbocycles. The summed E-state index contributed by atoms with van der Waals surface area (Å²) in [5.41, 5.74) is 1.57. The molecule has 0 unspecified atom stereocenters. The van der Waals surface area contributed by atoms with Crippen molar-refractivity contribution in [3.05, 3.63) is 84.5 Å². The normalized spacial score (nSPS) is 23.6. The lowest BCUT2D eigenvalue weighted by molar-refractivity contribution is 0.139. The number of aliphatic hydroxyl groups is 2. The number of allylic oxidation sites excluding steroid dienone is 2. The van der Waals surface area contributed by atoms with E-state index in [9.17, 15) is 10.2 Å². The molecule has 1 fully saturated rings. The Morgan fingerprint density at radius 3 is 2.20 bits per heavy atom. The fraction of sp³-hybridized carbons (Fsp3) is 0.568. The molecule has 0 aliphatic heterocycles. The smallest absolute Gasteiger partial charge is 0.261 e. The highest BCUT2D eigenvalue weighted by molar-refractivity contribution is 6.99. The first-order chi connectivity index (χ1) is 19.8. The molecule has 41 heavy (non-hydrogen) atoms. The Morgan fingerprint density at radius 1 is 0.927 bits per heavy atom. The molecule has 224 valence electrons. The molecule has 1 saturated carbocycles. The molecule has 0 spiro atoms. The molecular weight excluding hydrogens is 520 g/mol. The summed E-state index contributed by atoms with van der Waals surface area (Å²) in [5, 5.41) is 23.7. The average molecular weight is 575 g/mol. The molecule has 4 heteroatoms. The van der Waals surface area contributed by atoms with E-state index in [-0.39, 0.29) is 23.2 Å². The van der Waals surface area contributed by atoms with Gasteiger partial charge in [-0.2, -0.15) is 0 Å². The van der Waals surface area contributed by atoms with Crippen LogP contribution in [0.3, 0.4) is 0 Å². The van der Waals surface area contributed by atoms with Crippen LogP contribution >= 0.6 is 0 Å². The minimum atomic E-state index is -2.45. The Balaban J connectivity index is 1.28. The van der Waals surface area contributed by atoms with E-state index in [0.29, 0.717) is 11.8 Å². The van der Waals surface area contributed by atoms with Crippen LogP contribution in [0.2, 0.25) is 5.04 Å². The Labute approximate surface area is 250 Å². The highest BCUT2D eigenvalue weighted by Gasteiger charge is 2.50. The van der Waals surface area contributed by atoms with Crippen molar-refractivity contribution in [3.8, 4) is 0 Å². The van der Waals surface area contributed by atoms with Gasteiger partial charge < -0.3 is 14.6 Å². The van der Waals surface area contributed by atoms with Crippen LogP contribution in [0.5, 0.6) is 0 Å². The fourth-order valence-electron chi connectivity index (χ4n) is 7.36. The molecule has 3 nitrogen and oxygen atoms in total. The SMILES string of the molecule is CCCCC[C@@H](O)/C=C/[C@@H]1[C@H]2CC(CCCCCO[Si](c3ccccc3)(c3ccccc3)C(C)(C)C)=C[C@H]2C[C@H]1O. The van der Waals surface area contributed by atoms with Gasteiger partial charge in [0, 0.05) is 12.5 Å². The predicted molar refractivity (Wildman–Crippen MR) is 175 cm³/mol. The Hall–Kier alpha value is -1.98. The molecule has 0 radical (unpaired) electrons. The Bertz CT molecular complexity index is 1060. The number of benzene rings is 2. The average Bonchev–Trinajstić information content (AvgIpc) is 3.48. The molecule has 2 aliphatic rings. The third-order valence-corrected chi connectivity index (χ3v) is 14.5. The number of fused-ring (bicyclic) bond motifs is 1. The van der Waals surface area contributed by atoms with E-state index in [2.05, 4.69) is 101 Å². The molecule has 0 amide bonds. The van der Waals surface area contributed by atoms with Gasteiger partial charge in [0.05, 0.1) is 12.2 Å². The van der Waals surface area contributed by atoms with Crippen LogP contribution in [0.15, 0.2) is 84.5 Å². The lowest BCUT2D eigenvalue weighted by Gasteiger charge is -2.43. The standard InChI is InChI=1S/C37H54O3Si/c1-5-6-10-18-31(38)23-24-34-35-27-29(26-30(35)28-36(34)39)17-11-9-16-25-40-41(37(2,3)4,32-19-12-7-13-20-32)33-21-14-8-15-22-33/h7-8,12-15,19-24,26,30-31,34-36,38-39H,5-6,9-11,16-18,25,27-28H2,1-4H3/b24-23+/t30-,31+,34+,35-,36+/m0/s1. The molecule has 5 atom stereocenters. The van der Waals surface area contributed by atoms with Crippen molar-refractivity contribution in [2.75, 3.05) is 6.61 Å². The second-order valence-corrected chi connectivity index (χ2v) is 17.8. The molecule has 0 bridgehead atoms. The van der Waals surface area contributed by atoms with Crippen LogP contribution in [-0.4, -0.2) is 37.3 Å². The van der Waals surface area contributed by atoms with E-state index in [0.717, 1.165) is 45.1 Å². The van der Waals surface area contributed by atoms with E-state index in [1.165, 1.54) is 36.1 Å². The van der Waals surface area contributed by atoms with Crippen molar-refractivity contribution in [1.29, 1.82) is 0 Å². The van der Waals surface area contributed by atoms with Crippen molar-refractivity contribution >= 4 is 18.7 Å². The first-order valence-electron chi connectivity index (χ1n) is 16.2. The molecule has 0 aromatic heterocycles. The van der Waals surface area contributed by atoms with E-state index >= 15 is 0 Å². The molecule has 4 rings (SSSR count). The lowest BCUT2D eigenvalue weighted by atomic mass is 9.88. The summed E-state index contributed by atoms with van der Waals surface area (Å²) < 4.78 is 7.07. The van der Waals surface area contributed by atoms with Gasteiger partial charge in [0.1, 0.15) is 0 Å². The second kappa shape index (κ2) is 15.0. The predicted octanol–water partition coefficient (Wildman–Crippen LogP) is 7.56. The Morgan fingerprint density at radius 2 is 1.59 bits per heavy atom. The van der Waals surface area contributed by atoms with Gasteiger partial charge in [0.2, 0.25) is 0 Å². The van der Waals surface area contributed by atoms with Crippen molar-refractivity contribution in [3.63, 3.8) is 0 Å². The maximum Gasteiger partial charge on any atom is 0.261 e. The van der Waals surface area contributed by atoms with Crippen LogP contribution in [0.1, 0.15) is 91.9 Å². The van der Waals surface area contributed by atoms with Crippen molar-refractivity contribution < 1.29 is 14.6 Å². The number of rotatable bonds is 15. The van der Waals surface area contributed by atoms with E-state index < -0.39 is 8.32 Å². The van der Waals surface area contributed by atoms with Crippen LogP contribution in [-0.2, 0) is 4.43 Å². The molecule has 2 aromatic rings. The molecule has 2 N–H and O–H groups in total. The maximum atomic E-state index is 10.7. The van der Waals surface area contributed by atoms with Crippen LogP contribution < -0.4 is 10.4 Å². The summed E-state index contributed by atoms with van der Waals surface area (Å²) in [6, 6.07) is 21.8. The van der Waals surface area contributed by atoms with Crippen molar-refractivity contribution in [1.82, 2.24) is 0 Å². The fourth-order valence-corrected chi connectivity index (χ4v) is 12.0. The first kappa shape index (κ1) is 31.9. The van der Waals surface area contributed by atoms with Gasteiger partial charge in [0.25, 0.3) is 8.32 Å². The van der Waals surface area contributed by atoms with Crippen molar-refractivity contribution in [2.45, 2.75) is 109 Å². The van der Waals surface area contributed by atoms with Gasteiger partial charge in [-0.15, -0.1) is 0 Å². The minimum absolute atomic E-state index is 0.0171. The largest absolute Gasteiger partial charge is 0.407 e. The van der Waals surface area contributed by atoms with Crippen LogP contribution in [0.4, 0.5) is 0 Å². The van der Waals surface area contributed by atoms with Crippen molar-refractivity contribution in [2.24, 2.45) is 17.8 Å². The van der Waals surface area contributed by atoms with Gasteiger partial charge in [0.15, 0.2) is 0 Å². The highest BCUT2D eigenvalue weighted by atomic mass is 28.4. The summed E-state index contributed by atoms with van der Waals surface area (Å²) in [6.45, 7) is 10.0. The summed E-state index contributed by atoms with van der Waals surface area (Å²) >= 11 is 0. The maximum absolute atomic E-state index is 10.7. The van der Waals surface area contributed by atoms with Gasteiger partial charge in [-0.25, -0.2) is 0 Å². The van der Waals surface area contributed by atoms with E-state index in [1.54, 1.807) is 5.57 Å². The van der Waals surface area contributed by atoms with Gasteiger partial charge >= 0.3 is 0 Å². The molecule has 2 aliphatic carbocycles. The first-order valence-corrected chi connectivity index (χ1v) is 18.2. The third-order valence-electron chi connectivity index (χ3n) is 9.49. The van der Waals surface area contributed by atoms with Crippen LogP contribution in [0, 0.1) is 17.8 Å². The summed E-state index contributed by atoms with van der Waals surface area (Å²) in [4.78, 5) is 0. The zero-order valence-corrected chi connectivity index (χ0v) is 27.0. The number of unbranched alkanes of at least 4 members (excludes halogenated alkanes) is 4. The topological polar surface area (TPSA) is 49.7 Å². The number of hydrogen-bond donors (Lipinski definition) is 2. The second-order valence-electron chi connectivity index (χ2n) is 13.5. The van der Waals surface area contributed by atoms with Crippen LogP contribution in [0.25, 0.3) is 0 Å². The van der Waals surface area contributed by atoms with E-state index in [1.807, 2.05) is 6.08 Å². The summed E-state index contributed by atoms with van der Waals surface area (Å²) in [5.74, 6) is 1.16. The quantitative estimate of drug-likeness (QED) is 0.131. The highest BCUT2D eigenvalue weighted by Crippen LogP contribution is 2.48. The van der Waals surface area contributed by atoms with Gasteiger partial charge in [-0.1, -0.05) is 138 Å². The summed E-state index contributed by atoms with van der Waals surface area (Å²) in [7, 11) is -2.45. The van der Waals surface area contributed by atoms with Gasteiger partial charge in [-0.05, 0) is 65.8 Å². The number of hydrogen-bond acceptors (Lipinski definition) is 3. The number of aliphatic hydroxyl groups excluding tert-OH is 2. The summed E-state index contributed by atoms with van der Waals surface area (Å²) in [6.07, 6.45) is 16.7. The van der Waals surface area contributed by atoms with Gasteiger partial charge in [-0.3, -0.25) is 0 Å². The van der Waals surface area contributed by atoms with E-state index in [4.69, 9.17) is 4.43 Å². The zero-order valence-electron chi connectivity index (χ0n) is 26.0. The zero-order chi connectivity index (χ0) is 29.3. The molecule has 0 saturated heterocycles. The molecule has 0 heterocycles. The molecular formula is C37H54O3Si. The lowest BCUT2D eigenvalue weighted by Crippen LogP contribution is -2.66. The Kier molecular flexibility index (Phi) is 11.7. The minimum Gasteiger partial charge on any atom is -0.407 e. The third kappa shape index (κ3) is 7.90.